The summed E-state index contributed by atoms with van der Waals surface area (Å²) in [6, 6.07) is 14.7. The molecule has 0 radical (unpaired) electrons. The van der Waals surface area contributed by atoms with E-state index in [0.717, 1.165) is 38.3 Å². The Kier molecular flexibility index (Phi) is 6.00. The van der Waals surface area contributed by atoms with Crippen LogP contribution in [0.1, 0.15) is 29.0 Å². The van der Waals surface area contributed by atoms with E-state index in [-0.39, 0.29) is 6.10 Å². The van der Waals surface area contributed by atoms with E-state index in [9.17, 15) is 0 Å². The molecule has 1 aromatic carbocycles. The van der Waals surface area contributed by atoms with Crippen LogP contribution in [0.5, 0.6) is 0 Å². The zero-order valence-electron chi connectivity index (χ0n) is 13.9. The highest BCUT2D eigenvalue weighted by Gasteiger charge is 2.25. The summed E-state index contributed by atoms with van der Waals surface area (Å²) in [4.78, 5) is 3.90. The van der Waals surface area contributed by atoms with Gasteiger partial charge in [-0.2, -0.15) is 5.26 Å². The Morgan fingerprint density at radius 2 is 2.33 bits per heavy atom. The third-order valence-electron chi connectivity index (χ3n) is 4.31. The van der Waals surface area contributed by atoms with Crippen molar-refractivity contribution in [3.63, 3.8) is 0 Å². The first kappa shape index (κ1) is 17.1. The first-order valence-corrected chi connectivity index (χ1v) is 9.23. The van der Waals surface area contributed by atoms with Crippen LogP contribution in [0, 0.1) is 11.3 Å². The van der Waals surface area contributed by atoms with Gasteiger partial charge in [0.25, 0.3) is 0 Å². The van der Waals surface area contributed by atoms with E-state index in [1.165, 1.54) is 4.88 Å². The topological polar surface area (TPSA) is 48.3 Å². The average Bonchev–Trinajstić information content (AvgIpc) is 3.13. The van der Waals surface area contributed by atoms with Crippen LogP contribution in [0.3, 0.4) is 0 Å². The lowest BCUT2D eigenvalue weighted by molar-refractivity contribution is -0.0339. The maximum atomic E-state index is 9.01. The van der Waals surface area contributed by atoms with Crippen LogP contribution in [-0.4, -0.2) is 37.2 Å². The van der Waals surface area contributed by atoms with E-state index in [4.69, 9.17) is 10.00 Å². The monoisotopic (exact) mass is 341 g/mol. The molecule has 1 aromatic heterocycles. The molecule has 0 amide bonds. The maximum absolute atomic E-state index is 9.01. The SMILES string of the molecule is C[C@H]1CN([C@@H](CNCc2cccc(C#N)c2)c2cccs2)CCO1. The fourth-order valence-corrected chi connectivity index (χ4v) is 3.98. The quantitative estimate of drug-likeness (QED) is 0.877. The van der Waals surface area contributed by atoms with Gasteiger partial charge in [-0.05, 0) is 36.1 Å². The second-order valence-corrected chi connectivity index (χ2v) is 7.13. The van der Waals surface area contributed by atoms with Crippen LogP contribution in [0.2, 0.25) is 0 Å². The highest BCUT2D eigenvalue weighted by molar-refractivity contribution is 7.10. The zero-order valence-corrected chi connectivity index (χ0v) is 14.8. The molecule has 1 N–H and O–H groups in total. The first-order chi connectivity index (χ1) is 11.8. The molecule has 2 aromatic rings. The molecule has 24 heavy (non-hydrogen) atoms. The van der Waals surface area contributed by atoms with Crippen molar-refractivity contribution in [2.24, 2.45) is 0 Å². The highest BCUT2D eigenvalue weighted by Crippen LogP contribution is 2.26. The van der Waals surface area contributed by atoms with Gasteiger partial charge in [0.1, 0.15) is 0 Å². The Morgan fingerprint density at radius 1 is 1.42 bits per heavy atom. The standard InChI is InChI=1S/C19H23N3OS/c1-15-14-22(7-8-23-15)18(19-6-3-9-24-19)13-21-12-17-5-2-4-16(10-17)11-20/h2-6,9-10,15,18,21H,7-8,12-14H2,1H3/t15-,18-/m0/s1. The summed E-state index contributed by atoms with van der Waals surface area (Å²) < 4.78 is 5.69. The predicted octanol–water partition coefficient (Wildman–Crippen LogP) is 3.17. The lowest BCUT2D eigenvalue weighted by Gasteiger charge is -2.37. The van der Waals surface area contributed by atoms with Crippen LogP contribution < -0.4 is 5.32 Å². The number of hydrogen-bond donors (Lipinski definition) is 1. The minimum atomic E-state index is 0.286. The summed E-state index contributed by atoms with van der Waals surface area (Å²) in [7, 11) is 0. The van der Waals surface area contributed by atoms with E-state index in [2.05, 4.69) is 46.8 Å². The molecule has 2 atom stereocenters. The Labute approximate surface area is 147 Å². The van der Waals surface area contributed by atoms with Gasteiger partial charge in [-0.3, -0.25) is 4.90 Å². The number of rotatable bonds is 6. The summed E-state index contributed by atoms with van der Waals surface area (Å²) in [5.74, 6) is 0. The van der Waals surface area contributed by atoms with Gasteiger partial charge < -0.3 is 10.1 Å². The van der Waals surface area contributed by atoms with E-state index in [1.54, 1.807) is 0 Å². The Hall–Kier alpha value is -1.71. The van der Waals surface area contributed by atoms with Crippen LogP contribution in [0.25, 0.3) is 0 Å². The Morgan fingerprint density at radius 3 is 3.08 bits per heavy atom. The van der Waals surface area contributed by atoms with Crippen molar-refractivity contribution < 1.29 is 4.74 Å². The normalized spacial score (nSPS) is 19.8. The summed E-state index contributed by atoms with van der Waals surface area (Å²) in [6.45, 7) is 6.54. The van der Waals surface area contributed by atoms with Crippen molar-refractivity contribution in [2.75, 3.05) is 26.2 Å². The summed E-state index contributed by atoms with van der Waals surface area (Å²) >= 11 is 1.81. The van der Waals surface area contributed by atoms with Crippen LogP contribution in [0.15, 0.2) is 41.8 Å². The summed E-state index contributed by atoms with van der Waals surface area (Å²) in [5, 5.41) is 14.7. The van der Waals surface area contributed by atoms with Crippen molar-refractivity contribution in [1.82, 2.24) is 10.2 Å². The van der Waals surface area contributed by atoms with Gasteiger partial charge in [0, 0.05) is 31.1 Å². The van der Waals surface area contributed by atoms with Gasteiger partial charge in [-0.1, -0.05) is 18.2 Å². The molecule has 2 heterocycles. The van der Waals surface area contributed by atoms with Gasteiger partial charge >= 0.3 is 0 Å². The van der Waals surface area contributed by atoms with Crippen LogP contribution in [0.4, 0.5) is 0 Å². The van der Waals surface area contributed by atoms with Gasteiger partial charge in [-0.25, -0.2) is 0 Å². The largest absolute Gasteiger partial charge is 0.376 e. The van der Waals surface area contributed by atoms with Crippen molar-refractivity contribution in [3.8, 4) is 6.07 Å². The van der Waals surface area contributed by atoms with E-state index < -0.39 is 0 Å². The number of nitrogens with one attached hydrogen (secondary N) is 1. The molecular formula is C19H23N3OS. The predicted molar refractivity (Wildman–Crippen MR) is 96.9 cm³/mol. The molecule has 126 valence electrons. The van der Waals surface area contributed by atoms with Crippen LogP contribution in [-0.2, 0) is 11.3 Å². The molecule has 1 aliphatic heterocycles. The van der Waals surface area contributed by atoms with Crippen molar-refractivity contribution >= 4 is 11.3 Å². The summed E-state index contributed by atoms with van der Waals surface area (Å²) in [6.07, 6.45) is 0.286. The minimum absolute atomic E-state index is 0.286. The van der Waals surface area contributed by atoms with E-state index in [1.807, 2.05) is 29.5 Å². The molecular weight excluding hydrogens is 318 g/mol. The van der Waals surface area contributed by atoms with Crippen molar-refractivity contribution in [3.05, 3.63) is 57.8 Å². The third-order valence-corrected chi connectivity index (χ3v) is 5.28. The molecule has 1 aliphatic rings. The fraction of sp³-hybridized carbons (Fsp3) is 0.421. The molecule has 1 fully saturated rings. The van der Waals surface area contributed by atoms with Gasteiger partial charge in [0.2, 0.25) is 0 Å². The molecule has 0 saturated carbocycles. The molecule has 4 nitrogen and oxygen atoms in total. The maximum Gasteiger partial charge on any atom is 0.0991 e. The smallest absolute Gasteiger partial charge is 0.0991 e. The Bertz CT molecular complexity index is 680. The third kappa shape index (κ3) is 4.43. The zero-order chi connectivity index (χ0) is 16.8. The van der Waals surface area contributed by atoms with Gasteiger partial charge in [0.15, 0.2) is 0 Å². The number of nitriles is 1. The second-order valence-electron chi connectivity index (χ2n) is 6.15. The van der Waals surface area contributed by atoms with Crippen molar-refractivity contribution in [1.29, 1.82) is 5.26 Å². The number of benzene rings is 1. The number of nitrogens with zero attached hydrogens (tertiary/aromatic N) is 2. The molecule has 5 heteroatoms. The lowest BCUT2D eigenvalue weighted by atomic mass is 10.1. The molecule has 0 unspecified atom stereocenters. The van der Waals surface area contributed by atoms with E-state index in [0.29, 0.717) is 11.6 Å². The molecule has 0 spiro atoms. The van der Waals surface area contributed by atoms with Crippen molar-refractivity contribution in [2.45, 2.75) is 25.6 Å². The number of hydrogen-bond acceptors (Lipinski definition) is 5. The number of morpholine rings is 1. The second kappa shape index (κ2) is 8.41. The highest BCUT2D eigenvalue weighted by atomic mass is 32.1. The van der Waals surface area contributed by atoms with Gasteiger partial charge in [-0.15, -0.1) is 11.3 Å². The minimum Gasteiger partial charge on any atom is -0.376 e. The Balaban J connectivity index is 1.63. The van der Waals surface area contributed by atoms with Gasteiger partial charge in [0.05, 0.1) is 30.4 Å². The number of thiophene rings is 1. The number of ether oxygens (including phenoxy) is 1. The molecule has 0 aliphatic carbocycles. The molecule has 0 bridgehead atoms. The lowest BCUT2D eigenvalue weighted by Crippen LogP contribution is -2.45. The molecule has 3 rings (SSSR count). The average molecular weight is 341 g/mol. The van der Waals surface area contributed by atoms with E-state index >= 15 is 0 Å². The van der Waals surface area contributed by atoms with Crippen LogP contribution >= 0.6 is 11.3 Å². The molecule has 1 saturated heterocycles. The fourth-order valence-electron chi connectivity index (χ4n) is 3.12. The summed E-state index contributed by atoms with van der Waals surface area (Å²) in [5.41, 5.74) is 1.86. The first-order valence-electron chi connectivity index (χ1n) is 8.35.